The molecule has 2 atom stereocenters. The predicted octanol–water partition coefficient (Wildman–Crippen LogP) is 1.48. The first-order valence-corrected chi connectivity index (χ1v) is 7.86. The molecule has 0 aromatic rings. The largest absolute Gasteiger partial charge is 0.481 e. The number of carbonyl (C=O) groups is 2. The molecular formula is C15H26N2O3. The summed E-state index contributed by atoms with van der Waals surface area (Å²) in [5.41, 5.74) is 0. The third-order valence-electron chi connectivity index (χ3n) is 4.56. The number of hydrogen-bond donors (Lipinski definition) is 2. The Kier molecular flexibility index (Phi) is 5.40. The first-order chi connectivity index (χ1) is 9.63. The van der Waals surface area contributed by atoms with E-state index in [-0.39, 0.29) is 17.7 Å². The zero-order valence-electron chi connectivity index (χ0n) is 12.3. The van der Waals surface area contributed by atoms with Crippen LogP contribution in [0.4, 0.5) is 0 Å². The minimum Gasteiger partial charge on any atom is -0.481 e. The zero-order chi connectivity index (χ0) is 14.5. The number of aliphatic carboxylic acids is 1. The standard InChI is InChI=1S/C15H26N2O3/c1-2-17(12-7-8-12)14(18)10-16-9-11-5-3-4-6-13(11)15(19)20/h11-13,16H,2-10H2,1H3,(H,19,20). The number of nitrogens with one attached hydrogen (secondary N) is 1. The third-order valence-corrected chi connectivity index (χ3v) is 4.56. The highest BCUT2D eigenvalue weighted by molar-refractivity contribution is 5.78. The summed E-state index contributed by atoms with van der Waals surface area (Å²) in [5, 5.41) is 12.4. The van der Waals surface area contributed by atoms with Crippen LogP contribution in [0.5, 0.6) is 0 Å². The number of nitrogens with zero attached hydrogens (tertiary/aromatic N) is 1. The van der Waals surface area contributed by atoms with E-state index in [9.17, 15) is 14.7 Å². The summed E-state index contributed by atoms with van der Waals surface area (Å²) in [5.74, 6) is -0.601. The molecule has 5 heteroatoms. The lowest BCUT2D eigenvalue weighted by Crippen LogP contribution is -2.42. The SMILES string of the molecule is CCN(C(=O)CNCC1CCCCC1C(=O)O)C1CC1. The van der Waals surface area contributed by atoms with Gasteiger partial charge in [-0.3, -0.25) is 9.59 Å². The quantitative estimate of drug-likeness (QED) is 0.742. The van der Waals surface area contributed by atoms with Crippen LogP contribution in [0.15, 0.2) is 0 Å². The van der Waals surface area contributed by atoms with Gasteiger partial charge in [0.25, 0.3) is 0 Å². The Bertz CT molecular complexity index is 355. The highest BCUT2D eigenvalue weighted by Crippen LogP contribution is 2.30. The Morgan fingerprint density at radius 1 is 1.20 bits per heavy atom. The summed E-state index contributed by atoms with van der Waals surface area (Å²) in [6, 6.07) is 0.454. The van der Waals surface area contributed by atoms with Crippen LogP contribution >= 0.6 is 0 Å². The fourth-order valence-electron chi connectivity index (χ4n) is 3.27. The van der Waals surface area contributed by atoms with Crippen molar-refractivity contribution in [1.29, 1.82) is 0 Å². The first kappa shape index (κ1) is 15.3. The molecular weight excluding hydrogens is 256 g/mol. The summed E-state index contributed by atoms with van der Waals surface area (Å²) < 4.78 is 0. The fourth-order valence-corrected chi connectivity index (χ4v) is 3.27. The predicted molar refractivity (Wildman–Crippen MR) is 76.4 cm³/mol. The van der Waals surface area contributed by atoms with E-state index in [0.29, 0.717) is 19.1 Å². The van der Waals surface area contributed by atoms with Gasteiger partial charge in [0.2, 0.25) is 5.91 Å². The number of hydrogen-bond acceptors (Lipinski definition) is 3. The highest BCUT2D eigenvalue weighted by Gasteiger charge is 2.32. The van der Waals surface area contributed by atoms with Crippen molar-refractivity contribution in [3.8, 4) is 0 Å². The van der Waals surface area contributed by atoms with Crippen molar-refractivity contribution in [3.63, 3.8) is 0 Å². The molecule has 20 heavy (non-hydrogen) atoms. The molecule has 2 fully saturated rings. The monoisotopic (exact) mass is 282 g/mol. The smallest absolute Gasteiger partial charge is 0.306 e. The number of carboxylic acids is 1. The molecule has 0 bridgehead atoms. The minimum atomic E-state index is -0.684. The van der Waals surface area contributed by atoms with E-state index in [4.69, 9.17) is 0 Å². The lowest BCUT2D eigenvalue weighted by atomic mass is 9.79. The van der Waals surface area contributed by atoms with Gasteiger partial charge in [-0.2, -0.15) is 0 Å². The second-order valence-corrected chi connectivity index (χ2v) is 6.03. The maximum Gasteiger partial charge on any atom is 0.306 e. The van der Waals surface area contributed by atoms with Crippen LogP contribution in [0.3, 0.4) is 0 Å². The molecule has 2 aliphatic carbocycles. The molecule has 2 unspecified atom stereocenters. The van der Waals surface area contributed by atoms with Crippen LogP contribution in [-0.2, 0) is 9.59 Å². The normalized spacial score (nSPS) is 26.2. The number of likely N-dealkylation sites (N-methyl/N-ethyl adjacent to an activating group) is 1. The van der Waals surface area contributed by atoms with Crippen molar-refractivity contribution >= 4 is 11.9 Å². The van der Waals surface area contributed by atoms with Gasteiger partial charge in [0.05, 0.1) is 12.5 Å². The van der Waals surface area contributed by atoms with E-state index in [2.05, 4.69) is 5.32 Å². The van der Waals surface area contributed by atoms with Crippen molar-refractivity contribution < 1.29 is 14.7 Å². The second-order valence-electron chi connectivity index (χ2n) is 6.03. The van der Waals surface area contributed by atoms with Crippen molar-refractivity contribution in [1.82, 2.24) is 10.2 Å². The molecule has 0 spiro atoms. The number of carbonyl (C=O) groups excluding carboxylic acids is 1. The molecule has 2 rings (SSSR count). The lowest BCUT2D eigenvalue weighted by molar-refractivity contribution is -0.144. The Morgan fingerprint density at radius 2 is 1.90 bits per heavy atom. The zero-order valence-corrected chi connectivity index (χ0v) is 12.3. The van der Waals surface area contributed by atoms with Gasteiger partial charge >= 0.3 is 5.97 Å². The molecule has 5 nitrogen and oxygen atoms in total. The van der Waals surface area contributed by atoms with Crippen LogP contribution < -0.4 is 5.32 Å². The van der Waals surface area contributed by atoms with Gasteiger partial charge in [-0.05, 0) is 45.1 Å². The Labute approximate surface area is 120 Å². The van der Waals surface area contributed by atoms with E-state index >= 15 is 0 Å². The summed E-state index contributed by atoms with van der Waals surface area (Å²) >= 11 is 0. The molecule has 0 saturated heterocycles. The fraction of sp³-hybridized carbons (Fsp3) is 0.867. The van der Waals surface area contributed by atoms with Crippen LogP contribution in [0, 0.1) is 11.8 Å². The molecule has 0 heterocycles. The second kappa shape index (κ2) is 7.07. The summed E-state index contributed by atoms with van der Waals surface area (Å²) in [4.78, 5) is 25.2. The molecule has 114 valence electrons. The van der Waals surface area contributed by atoms with Crippen molar-refractivity contribution in [2.45, 2.75) is 51.5 Å². The average Bonchev–Trinajstić information content (AvgIpc) is 3.24. The average molecular weight is 282 g/mol. The Morgan fingerprint density at radius 3 is 2.50 bits per heavy atom. The summed E-state index contributed by atoms with van der Waals surface area (Å²) in [6.45, 7) is 3.77. The molecule has 2 aliphatic rings. The number of carboxylic acid groups (broad SMARTS) is 1. The number of amides is 1. The minimum absolute atomic E-state index is 0.151. The first-order valence-electron chi connectivity index (χ1n) is 7.86. The molecule has 0 aliphatic heterocycles. The molecule has 2 N–H and O–H groups in total. The maximum absolute atomic E-state index is 12.1. The van der Waals surface area contributed by atoms with Gasteiger partial charge in [-0.15, -0.1) is 0 Å². The number of rotatable bonds is 7. The van der Waals surface area contributed by atoms with Gasteiger partial charge in [0.1, 0.15) is 0 Å². The van der Waals surface area contributed by atoms with E-state index in [0.717, 1.165) is 45.1 Å². The Balaban J connectivity index is 1.73. The summed E-state index contributed by atoms with van der Waals surface area (Å²) in [6.07, 6.45) is 6.11. The van der Waals surface area contributed by atoms with Crippen molar-refractivity contribution in [3.05, 3.63) is 0 Å². The van der Waals surface area contributed by atoms with Crippen LogP contribution in [0.2, 0.25) is 0 Å². The van der Waals surface area contributed by atoms with Crippen LogP contribution in [0.25, 0.3) is 0 Å². The van der Waals surface area contributed by atoms with Gasteiger partial charge in [0.15, 0.2) is 0 Å². The molecule has 1 amide bonds. The maximum atomic E-state index is 12.1. The topological polar surface area (TPSA) is 69.6 Å². The van der Waals surface area contributed by atoms with Gasteiger partial charge in [-0.1, -0.05) is 12.8 Å². The summed E-state index contributed by atoms with van der Waals surface area (Å²) in [7, 11) is 0. The van der Waals surface area contributed by atoms with Crippen LogP contribution in [0.1, 0.15) is 45.4 Å². The van der Waals surface area contributed by atoms with Crippen molar-refractivity contribution in [2.24, 2.45) is 11.8 Å². The Hall–Kier alpha value is -1.10. The van der Waals surface area contributed by atoms with Crippen molar-refractivity contribution in [2.75, 3.05) is 19.6 Å². The third kappa shape index (κ3) is 3.95. The van der Waals surface area contributed by atoms with E-state index in [1.54, 1.807) is 0 Å². The van der Waals surface area contributed by atoms with Gasteiger partial charge in [0, 0.05) is 12.6 Å². The van der Waals surface area contributed by atoms with Crippen LogP contribution in [-0.4, -0.2) is 47.6 Å². The van der Waals surface area contributed by atoms with E-state index in [1.165, 1.54) is 0 Å². The highest BCUT2D eigenvalue weighted by atomic mass is 16.4. The molecule has 0 radical (unpaired) electrons. The lowest BCUT2D eigenvalue weighted by Gasteiger charge is -2.29. The molecule has 0 aromatic heterocycles. The van der Waals surface area contributed by atoms with Gasteiger partial charge in [-0.25, -0.2) is 0 Å². The van der Waals surface area contributed by atoms with E-state index < -0.39 is 5.97 Å². The van der Waals surface area contributed by atoms with E-state index in [1.807, 2.05) is 11.8 Å². The molecule has 2 saturated carbocycles. The molecule has 0 aromatic carbocycles. The van der Waals surface area contributed by atoms with Gasteiger partial charge < -0.3 is 15.3 Å².